The molecule has 1 heterocycles. The fraction of sp³-hybridized carbons (Fsp3) is 0.500. The lowest BCUT2D eigenvalue weighted by Gasteiger charge is -2.12. The minimum absolute atomic E-state index is 0.163. The van der Waals surface area contributed by atoms with Gasteiger partial charge in [-0.05, 0) is 38.1 Å². The summed E-state index contributed by atoms with van der Waals surface area (Å²) in [6.45, 7) is 1.99. The number of nitrogen functional groups attached to an aromatic ring is 1. The van der Waals surface area contributed by atoms with Gasteiger partial charge in [0.15, 0.2) is 4.90 Å². The molecule has 8 nitrogen and oxygen atoms in total. The highest BCUT2D eigenvalue weighted by atomic mass is 32.2. The van der Waals surface area contributed by atoms with Crippen LogP contribution in [-0.2, 0) is 10.0 Å². The second kappa shape index (κ2) is 5.96. The van der Waals surface area contributed by atoms with E-state index in [4.69, 9.17) is 5.73 Å². The average Bonchev–Trinajstić information content (AvgIpc) is 2.82. The van der Waals surface area contributed by atoms with Crippen molar-refractivity contribution in [2.75, 3.05) is 32.4 Å². The maximum atomic E-state index is 12.3. The molecule has 1 aliphatic heterocycles. The molecule has 1 aliphatic rings. The molecule has 1 aromatic rings. The van der Waals surface area contributed by atoms with Gasteiger partial charge in [-0.2, -0.15) is 0 Å². The monoisotopic (exact) mass is 314 g/mol. The average molecular weight is 314 g/mol. The molecular formula is C12H18N4O4S. The molecule has 0 aliphatic carbocycles. The number of nitrogens with two attached hydrogens (primary N) is 1. The first kappa shape index (κ1) is 15.7. The Labute approximate surface area is 123 Å². The van der Waals surface area contributed by atoms with Gasteiger partial charge < -0.3 is 10.6 Å². The largest absolute Gasteiger partial charge is 0.393 e. The SMILES string of the molecule is CN1CCC(CNS(=O)(=O)c2cccc(N)c2[N+](=O)[O-])C1. The van der Waals surface area contributed by atoms with Gasteiger partial charge in [-0.1, -0.05) is 6.07 Å². The van der Waals surface area contributed by atoms with E-state index < -0.39 is 20.6 Å². The Balaban J connectivity index is 2.20. The smallest absolute Gasteiger partial charge is 0.312 e. The van der Waals surface area contributed by atoms with Crippen molar-refractivity contribution in [3.63, 3.8) is 0 Å². The molecule has 21 heavy (non-hydrogen) atoms. The summed E-state index contributed by atoms with van der Waals surface area (Å²) in [5.41, 5.74) is 4.78. The van der Waals surface area contributed by atoms with Crippen LogP contribution in [0.2, 0.25) is 0 Å². The topological polar surface area (TPSA) is 119 Å². The van der Waals surface area contributed by atoms with Crippen LogP contribution in [0.25, 0.3) is 0 Å². The fourth-order valence-corrected chi connectivity index (χ4v) is 3.77. The van der Waals surface area contributed by atoms with Crippen molar-refractivity contribution in [1.82, 2.24) is 9.62 Å². The van der Waals surface area contributed by atoms with E-state index in [1.165, 1.54) is 18.2 Å². The highest BCUT2D eigenvalue weighted by Crippen LogP contribution is 2.29. The van der Waals surface area contributed by atoms with Crippen molar-refractivity contribution < 1.29 is 13.3 Å². The lowest BCUT2D eigenvalue weighted by atomic mass is 10.1. The van der Waals surface area contributed by atoms with Gasteiger partial charge in [-0.3, -0.25) is 10.1 Å². The van der Waals surface area contributed by atoms with Gasteiger partial charge >= 0.3 is 5.69 Å². The predicted molar refractivity (Wildman–Crippen MR) is 78.3 cm³/mol. The number of sulfonamides is 1. The summed E-state index contributed by atoms with van der Waals surface area (Å²) in [6.07, 6.45) is 0.901. The van der Waals surface area contributed by atoms with Crippen molar-refractivity contribution in [2.24, 2.45) is 5.92 Å². The predicted octanol–water partition coefficient (Wildman–Crippen LogP) is 0.407. The number of anilines is 1. The normalized spacial score (nSPS) is 19.8. The molecule has 0 aromatic heterocycles. The molecule has 0 saturated carbocycles. The van der Waals surface area contributed by atoms with Crippen LogP contribution < -0.4 is 10.5 Å². The molecule has 116 valence electrons. The second-order valence-corrected chi connectivity index (χ2v) is 6.96. The summed E-state index contributed by atoms with van der Waals surface area (Å²) in [5.74, 6) is 0.213. The number of hydrogen-bond acceptors (Lipinski definition) is 6. The maximum absolute atomic E-state index is 12.3. The summed E-state index contributed by atoms with van der Waals surface area (Å²) in [6, 6.07) is 3.89. The molecule has 3 N–H and O–H groups in total. The van der Waals surface area contributed by atoms with Crippen molar-refractivity contribution in [3.05, 3.63) is 28.3 Å². The number of nitro benzene ring substituents is 1. The molecule has 9 heteroatoms. The van der Waals surface area contributed by atoms with Gasteiger partial charge in [0.1, 0.15) is 5.69 Å². The van der Waals surface area contributed by atoms with E-state index in [9.17, 15) is 18.5 Å². The Hall–Kier alpha value is -1.71. The summed E-state index contributed by atoms with van der Waals surface area (Å²) in [7, 11) is -1.98. The number of nitrogens with one attached hydrogen (secondary N) is 1. The number of para-hydroxylation sites is 1. The van der Waals surface area contributed by atoms with Gasteiger partial charge in [-0.15, -0.1) is 0 Å². The van der Waals surface area contributed by atoms with Crippen LogP contribution in [0, 0.1) is 16.0 Å². The van der Waals surface area contributed by atoms with Crippen LogP contribution in [0.5, 0.6) is 0 Å². The third-order valence-corrected chi connectivity index (χ3v) is 5.01. The van der Waals surface area contributed by atoms with Gasteiger partial charge in [0, 0.05) is 13.1 Å². The van der Waals surface area contributed by atoms with Gasteiger partial charge in [-0.25, -0.2) is 13.1 Å². The highest BCUT2D eigenvalue weighted by molar-refractivity contribution is 7.89. The van der Waals surface area contributed by atoms with E-state index >= 15 is 0 Å². The number of hydrogen-bond donors (Lipinski definition) is 2. The number of nitrogens with zero attached hydrogens (tertiary/aromatic N) is 2. The third kappa shape index (κ3) is 3.49. The lowest BCUT2D eigenvalue weighted by molar-refractivity contribution is -0.386. The molecule has 1 saturated heterocycles. The van der Waals surface area contributed by atoms with Crippen molar-refractivity contribution in [3.8, 4) is 0 Å². The molecule has 0 spiro atoms. The van der Waals surface area contributed by atoms with Crippen LogP contribution in [0.1, 0.15) is 6.42 Å². The number of likely N-dealkylation sites (tertiary alicyclic amines) is 1. The third-order valence-electron chi connectivity index (χ3n) is 3.55. The Morgan fingerprint density at radius 1 is 1.52 bits per heavy atom. The minimum atomic E-state index is -3.95. The van der Waals surface area contributed by atoms with Crippen LogP contribution in [0.15, 0.2) is 23.1 Å². The van der Waals surface area contributed by atoms with E-state index in [0.29, 0.717) is 0 Å². The zero-order chi connectivity index (χ0) is 15.6. The molecule has 0 amide bonds. The van der Waals surface area contributed by atoms with E-state index in [1.807, 2.05) is 7.05 Å². The molecule has 2 rings (SSSR count). The zero-order valence-electron chi connectivity index (χ0n) is 11.7. The second-order valence-electron chi connectivity index (χ2n) is 5.22. The van der Waals surface area contributed by atoms with Gasteiger partial charge in [0.05, 0.1) is 4.92 Å². The quantitative estimate of drug-likeness (QED) is 0.461. The summed E-state index contributed by atoms with van der Waals surface area (Å²) >= 11 is 0. The molecule has 0 radical (unpaired) electrons. The molecule has 1 aromatic carbocycles. The minimum Gasteiger partial charge on any atom is -0.393 e. The van der Waals surface area contributed by atoms with Crippen molar-refractivity contribution in [1.29, 1.82) is 0 Å². The van der Waals surface area contributed by atoms with Crippen LogP contribution in [-0.4, -0.2) is 44.9 Å². The molecule has 1 fully saturated rings. The molecule has 0 bridgehead atoms. The first-order valence-electron chi connectivity index (χ1n) is 6.52. The molecule has 1 unspecified atom stereocenters. The lowest BCUT2D eigenvalue weighted by Crippen LogP contribution is -2.31. The van der Waals surface area contributed by atoms with Crippen LogP contribution in [0.3, 0.4) is 0 Å². The Bertz CT molecular complexity index is 647. The van der Waals surface area contributed by atoms with Crippen molar-refractivity contribution in [2.45, 2.75) is 11.3 Å². The number of benzene rings is 1. The fourth-order valence-electron chi connectivity index (χ4n) is 2.45. The summed E-state index contributed by atoms with van der Waals surface area (Å²) in [5, 5.41) is 11.0. The van der Waals surface area contributed by atoms with E-state index in [2.05, 4.69) is 9.62 Å². The zero-order valence-corrected chi connectivity index (χ0v) is 12.5. The molecular weight excluding hydrogens is 296 g/mol. The van der Waals surface area contributed by atoms with E-state index in [0.717, 1.165) is 19.5 Å². The summed E-state index contributed by atoms with van der Waals surface area (Å²) in [4.78, 5) is 12.0. The Morgan fingerprint density at radius 3 is 2.81 bits per heavy atom. The Kier molecular flexibility index (Phi) is 4.45. The number of nitro groups is 1. The number of rotatable bonds is 5. The van der Waals surface area contributed by atoms with Crippen LogP contribution in [0.4, 0.5) is 11.4 Å². The first-order valence-corrected chi connectivity index (χ1v) is 8.00. The van der Waals surface area contributed by atoms with Gasteiger partial charge in [0.2, 0.25) is 10.0 Å². The standard InChI is InChI=1S/C12H18N4O4S/c1-15-6-5-9(8-15)7-14-21(19,20)11-4-2-3-10(13)12(11)16(17)18/h2-4,9,14H,5-8,13H2,1H3. The van der Waals surface area contributed by atoms with Crippen molar-refractivity contribution >= 4 is 21.4 Å². The van der Waals surface area contributed by atoms with Gasteiger partial charge in [0.25, 0.3) is 0 Å². The highest BCUT2D eigenvalue weighted by Gasteiger charge is 2.29. The summed E-state index contributed by atoms with van der Waals surface area (Å²) < 4.78 is 27.0. The van der Waals surface area contributed by atoms with Crippen LogP contribution >= 0.6 is 0 Å². The van der Waals surface area contributed by atoms with E-state index in [-0.39, 0.29) is 23.0 Å². The van der Waals surface area contributed by atoms with E-state index in [1.54, 1.807) is 0 Å². The molecule has 1 atom stereocenters. The Morgan fingerprint density at radius 2 is 2.24 bits per heavy atom. The maximum Gasteiger partial charge on any atom is 0.312 e. The first-order chi connectivity index (χ1) is 9.81.